The molecule has 0 fully saturated rings. The summed E-state index contributed by atoms with van der Waals surface area (Å²) < 4.78 is 6.70. The molecule has 2 N–H and O–H groups in total. The third-order valence-electron chi connectivity index (χ3n) is 1.26. The summed E-state index contributed by atoms with van der Waals surface area (Å²) in [6.45, 7) is 0.726. The molecule has 0 atom stereocenters. The van der Waals surface area contributed by atoms with Crippen molar-refractivity contribution in [3.05, 3.63) is 35.9 Å². The fourth-order valence-corrected chi connectivity index (χ4v) is 0.789. The number of hydrogen-bond acceptors (Lipinski definition) is 1. The Labute approximate surface area is 57.0 Å². The summed E-state index contributed by atoms with van der Waals surface area (Å²) in [5, 5.41) is 0. The zero-order valence-corrected chi connectivity index (χ0v) is 5.30. The predicted octanol–water partition coefficient (Wildman–Crippen LogP) is 1.19. The van der Waals surface area contributed by atoms with Gasteiger partial charge in [0.25, 0.3) is 0 Å². The van der Waals surface area contributed by atoms with Crippen LogP contribution in [-0.2, 0) is 6.42 Å². The van der Waals surface area contributed by atoms with Crippen LogP contribution in [0.4, 0.5) is 0 Å². The van der Waals surface area contributed by atoms with Crippen molar-refractivity contribution >= 4 is 0 Å². The molecule has 0 aliphatic heterocycles. The van der Waals surface area contributed by atoms with Gasteiger partial charge >= 0.3 is 0 Å². The SMILES string of the molecule is [2H]NCCc1ccccc1. The average molecular weight is 122 g/mol. The lowest BCUT2D eigenvalue weighted by molar-refractivity contribution is 0.969. The minimum atomic E-state index is 0.726. The molecule has 0 radical (unpaired) electrons. The Morgan fingerprint density at radius 2 is 2.11 bits per heavy atom. The summed E-state index contributed by atoms with van der Waals surface area (Å²) in [5.74, 6) is 0. The fourth-order valence-electron chi connectivity index (χ4n) is 0.789. The van der Waals surface area contributed by atoms with Crippen molar-refractivity contribution in [2.24, 2.45) is 5.73 Å². The Morgan fingerprint density at radius 1 is 1.33 bits per heavy atom. The quantitative estimate of drug-likeness (QED) is 0.640. The van der Waals surface area contributed by atoms with E-state index in [1.54, 1.807) is 0 Å². The molecule has 0 saturated carbocycles. The maximum Gasteiger partial charge on any atom is 0.118 e. The zero-order chi connectivity index (χ0) is 7.23. The second kappa shape index (κ2) is 3.25. The van der Waals surface area contributed by atoms with Gasteiger partial charge in [-0.05, 0) is 18.5 Å². The van der Waals surface area contributed by atoms with E-state index in [1.807, 2.05) is 18.2 Å². The van der Waals surface area contributed by atoms with Gasteiger partial charge in [-0.2, -0.15) is 0 Å². The van der Waals surface area contributed by atoms with Gasteiger partial charge in [-0.25, -0.2) is 0 Å². The number of nitrogens with two attached hydrogens (primary N) is 1. The number of benzene rings is 1. The standard InChI is InChI=1S/C8H11N/c9-7-6-8-4-2-1-3-5-8/h1-5H,6-7,9H2/i/hD. The molecule has 9 heavy (non-hydrogen) atoms. The smallest absolute Gasteiger partial charge is 0.118 e. The van der Waals surface area contributed by atoms with E-state index in [2.05, 4.69) is 17.9 Å². The molecule has 0 spiro atoms. The molecular formula is C8H11N. The number of hydrogen-bond donors (Lipinski definition) is 1. The molecule has 0 aromatic heterocycles. The molecule has 1 nitrogen and oxygen atoms in total. The van der Waals surface area contributed by atoms with Gasteiger partial charge in [0, 0.05) is 0 Å². The minimum Gasteiger partial charge on any atom is -0.330 e. The molecule has 0 aliphatic rings. The van der Waals surface area contributed by atoms with E-state index in [0.717, 1.165) is 13.0 Å². The van der Waals surface area contributed by atoms with Crippen LogP contribution in [0.15, 0.2) is 30.3 Å². The molecular weight excluding hydrogens is 110 g/mol. The second-order valence-corrected chi connectivity index (χ2v) is 1.99. The summed E-state index contributed by atoms with van der Waals surface area (Å²) >= 11 is 0. The molecule has 1 aromatic carbocycles. The third-order valence-corrected chi connectivity index (χ3v) is 1.26. The van der Waals surface area contributed by atoms with E-state index in [9.17, 15) is 0 Å². The highest BCUT2D eigenvalue weighted by Crippen LogP contribution is 1.96. The topological polar surface area (TPSA) is 26.0 Å². The Hall–Kier alpha value is -0.820. The highest BCUT2D eigenvalue weighted by molar-refractivity contribution is 5.14. The largest absolute Gasteiger partial charge is 0.330 e. The summed E-state index contributed by atoms with van der Waals surface area (Å²) in [6.07, 6.45) is 0.935. The van der Waals surface area contributed by atoms with Gasteiger partial charge in [0.05, 0.1) is 0 Å². The van der Waals surface area contributed by atoms with E-state index in [-0.39, 0.29) is 0 Å². The van der Waals surface area contributed by atoms with Crippen LogP contribution in [0, 0.1) is 0 Å². The summed E-state index contributed by atoms with van der Waals surface area (Å²) in [5.41, 5.74) is 3.65. The summed E-state index contributed by atoms with van der Waals surface area (Å²) in [4.78, 5) is 0. The lowest BCUT2D eigenvalue weighted by atomic mass is 10.2. The summed E-state index contributed by atoms with van der Waals surface area (Å²) in [7, 11) is 0. The highest BCUT2D eigenvalue weighted by Gasteiger charge is 1.84. The first-order valence-electron chi connectivity index (χ1n) is 3.62. The Kier molecular flexibility index (Phi) is 1.81. The van der Waals surface area contributed by atoms with Crippen LogP contribution >= 0.6 is 0 Å². The lowest BCUT2D eigenvalue weighted by Crippen LogP contribution is -2.01. The molecule has 0 bridgehead atoms. The minimum absolute atomic E-state index is 0.726. The first-order chi connectivity index (χ1) is 4.93. The van der Waals surface area contributed by atoms with E-state index in [4.69, 9.17) is 1.41 Å². The van der Waals surface area contributed by atoms with Gasteiger partial charge in [0.15, 0.2) is 0 Å². The average Bonchev–Trinajstić information content (AvgIpc) is 2.03. The molecule has 0 amide bonds. The van der Waals surface area contributed by atoms with Gasteiger partial charge in [0.2, 0.25) is 0 Å². The fraction of sp³-hybridized carbons (Fsp3) is 0.250. The molecule has 0 aliphatic carbocycles. The highest BCUT2D eigenvalue weighted by atomic mass is 14.5. The third kappa shape index (κ3) is 1.86. The van der Waals surface area contributed by atoms with Crippen LogP contribution in [0.1, 0.15) is 5.56 Å². The van der Waals surface area contributed by atoms with Crippen LogP contribution < -0.4 is 5.73 Å². The number of rotatable bonds is 3. The monoisotopic (exact) mass is 122 g/mol. The normalized spacial score (nSPS) is 10.9. The molecule has 0 unspecified atom stereocenters. The first kappa shape index (κ1) is 5.00. The van der Waals surface area contributed by atoms with Crippen molar-refractivity contribution in [3.8, 4) is 0 Å². The predicted molar refractivity (Wildman–Crippen MR) is 39.2 cm³/mol. The van der Waals surface area contributed by atoms with Crippen LogP contribution in [0.5, 0.6) is 0 Å². The second-order valence-electron chi connectivity index (χ2n) is 1.99. The van der Waals surface area contributed by atoms with Crippen LogP contribution in [0.3, 0.4) is 0 Å². The van der Waals surface area contributed by atoms with Crippen molar-refractivity contribution in [2.75, 3.05) is 6.54 Å². The van der Waals surface area contributed by atoms with Crippen LogP contribution in [0.2, 0.25) is 1.41 Å². The van der Waals surface area contributed by atoms with E-state index >= 15 is 0 Å². The van der Waals surface area contributed by atoms with E-state index in [1.165, 1.54) is 5.56 Å². The van der Waals surface area contributed by atoms with Gasteiger partial charge in [-0.1, -0.05) is 30.3 Å². The molecule has 0 heterocycles. The molecule has 1 heteroatoms. The van der Waals surface area contributed by atoms with Crippen molar-refractivity contribution in [1.29, 1.82) is 0 Å². The maximum absolute atomic E-state index is 6.70. The van der Waals surface area contributed by atoms with Crippen molar-refractivity contribution in [2.45, 2.75) is 6.42 Å². The molecule has 1 aromatic rings. The van der Waals surface area contributed by atoms with Crippen LogP contribution in [0.25, 0.3) is 0 Å². The maximum atomic E-state index is 6.70. The van der Waals surface area contributed by atoms with E-state index < -0.39 is 0 Å². The molecule has 48 valence electrons. The summed E-state index contributed by atoms with van der Waals surface area (Å²) in [6, 6.07) is 10.2. The molecule has 1 rings (SSSR count). The first-order valence-corrected chi connectivity index (χ1v) is 3.12. The van der Waals surface area contributed by atoms with Crippen molar-refractivity contribution in [1.82, 2.24) is 0 Å². The van der Waals surface area contributed by atoms with Gasteiger partial charge in [-0.15, -0.1) is 0 Å². The Morgan fingerprint density at radius 3 is 2.78 bits per heavy atom. The van der Waals surface area contributed by atoms with Crippen molar-refractivity contribution in [3.63, 3.8) is 0 Å². The zero-order valence-electron chi connectivity index (χ0n) is 6.30. The van der Waals surface area contributed by atoms with Gasteiger partial charge in [0.1, 0.15) is 1.41 Å². The van der Waals surface area contributed by atoms with Gasteiger partial charge in [-0.3, -0.25) is 0 Å². The Balaban J connectivity index is 2.43. The molecule has 0 saturated heterocycles. The van der Waals surface area contributed by atoms with Crippen molar-refractivity contribution < 1.29 is 1.41 Å². The lowest BCUT2D eigenvalue weighted by Gasteiger charge is -1.93. The van der Waals surface area contributed by atoms with Crippen LogP contribution in [-0.4, -0.2) is 6.54 Å². The van der Waals surface area contributed by atoms with Gasteiger partial charge < -0.3 is 5.73 Å². The Bertz CT molecular complexity index is 174. The van der Waals surface area contributed by atoms with E-state index in [0.29, 0.717) is 0 Å².